The number of aldehydes is 1. The highest BCUT2D eigenvalue weighted by Gasteiger charge is 2.16. The lowest BCUT2D eigenvalue weighted by Crippen LogP contribution is -2.13. The van der Waals surface area contributed by atoms with Gasteiger partial charge in [0.05, 0.1) is 0 Å². The first kappa shape index (κ1) is 11.5. The minimum atomic E-state index is 0.365. The molecule has 0 spiro atoms. The summed E-state index contributed by atoms with van der Waals surface area (Å²) in [5.74, 6) is 1.99. The van der Waals surface area contributed by atoms with E-state index in [2.05, 4.69) is 0 Å². The van der Waals surface area contributed by atoms with Gasteiger partial charge < -0.3 is 9.47 Å². The van der Waals surface area contributed by atoms with Gasteiger partial charge in [0.1, 0.15) is 18.7 Å². The van der Waals surface area contributed by atoms with Crippen LogP contribution in [0.5, 0.6) is 11.5 Å². The van der Waals surface area contributed by atoms with Crippen LogP contribution in [0.1, 0.15) is 15.9 Å². The summed E-state index contributed by atoms with van der Waals surface area (Å²) in [5, 5.41) is 0. The second kappa shape index (κ2) is 4.98. The SMILES string of the molecule is O=Cc1ccc2c(c1)OC/C(=C/c1ccccc1)O2. The van der Waals surface area contributed by atoms with Gasteiger partial charge in [0.25, 0.3) is 0 Å². The lowest BCUT2D eigenvalue weighted by molar-refractivity contribution is 0.112. The second-order valence-electron chi connectivity index (χ2n) is 4.24. The third-order valence-corrected chi connectivity index (χ3v) is 2.84. The molecule has 0 radical (unpaired) electrons. The zero-order valence-corrected chi connectivity index (χ0v) is 10.2. The molecule has 2 aromatic rings. The van der Waals surface area contributed by atoms with E-state index in [0.717, 1.165) is 17.6 Å². The normalized spacial score (nSPS) is 15.3. The quantitative estimate of drug-likeness (QED) is 0.769. The predicted octanol–water partition coefficient (Wildman–Crippen LogP) is 3.31. The van der Waals surface area contributed by atoms with Crippen molar-refractivity contribution in [2.75, 3.05) is 6.61 Å². The van der Waals surface area contributed by atoms with Gasteiger partial charge in [0, 0.05) is 5.56 Å². The fourth-order valence-electron chi connectivity index (χ4n) is 1.92. The van der Waals surface area contributed by atoms with Gasteiger partial charge in [0.15, 0.2) is 11.5 Å². The summed E-state index contributed by atoms with van der Waals surface area (Å²) in [6, 6.07) is 15.1. The fraction of sp³-hybridized carbons (Fsp3) is 0.0625. The molecule has 1 aliphatic heterocycles. The van der Waals surface area contributed by atoms with Crippen LogP contribution in [0, 0.1) is 0 Å². The molecule has 0 aromatic heterocycles. The van der Waals surface area contributed by atoms with Crippen LogP contribution in [0.2, 0.25) is 0 Å². The first-order chi connectivity index (χ1) is 9.35. The van der Waals surface area contributed by atoms with E-state index in [9.17, 15) is 4.79 Å². The smallest absolute Gasteiger partial charge is 0.169 e. The Morgan fingerprint density at radius 2 is 1.79 bits per heavy atom. The van der Waals surface area contributed by atoms with Crippen LogP contribution in [0.25, 0.3) is 6.08 Å². The van der Waals surface area contributed by atoms with Gasteiger partial charge in [-0.15, -0.1) is 0 Å². The van der Waals surface area contributed by atoms with E-state index in [1.165, 1.54) is 0 Å². The zero-order chi connectivity index (χ0) is 13.1. The van der Waals surface area contributed by atoms with Crippen LogP contribution in [-0.4, -0.2) is 12.9 Å². The molecule has 0 atom stereocenters. The fourth-order valence-corrected chi connectivity index (χ4v) is 1.92. The molecule has 1 aliphatic rings. The molecule has 0 N–H and O–H groups in total. The molecular formula is C16H12O3. The summed E-state index contributed by atoms with van der Waals surface area (Å²) < 4.78 is 11.4. The Morgan fingerprint density at radius 3 is 2.58 bits per heavy atom. The van der Waals surface area contributed by atoms with E-state index in [4.69, 9.17) is 9.47 Å². The third kappa shape index (κ3) is 2.50. The van der Waals surface area contributed by atoms with Gasteiger partial charge in [-0.25, -0.2) is 0 Å². The van der Waals surface area contributed by atoms with Gasteiger partial charge in [-0.3, -0.25) is 4.79 Å². The van der Waals surface area contributed by atoms with Crippen LogP contribution >= 0.6 is 0 Å². The monoisotopic (exact) mass is 252 g/mol. The van der Waals surface area contributed by atoms with Gasteiger partial charge >= 0.3 is 0 Å². The molecule has 3 heteroatoms. The van der Waals surface area contributed by atoms with Gasteiger partial charge in [-0.1, -0.05) is 30.3 Å². The van der Waals surface area contributed by atoms with E-state index in [1.54, 1.807) is 18.2 Å². The van der Waals surface area contributed by atoms with Crippen LogP contribution in [0.15, 0.2) is 54.3 Å². The van der Waals surface area contributed by atoms with Crippen molar-refractivity contribution in [3.8, 4) is 11.5 Å². The molecule has 0 saturated heterocycles. The maximum atomic E-state index is 10.7. The number of carbonyl (C=O) groups is 1. The first-order valence-electron chi connectivity index (χ1n) is 6.01. The largest absolute Gasteiger partial charge is 0.482 e. The van der Waals surface area contributed by atoms with E-state index >= 15 is 0 Å². The highest BCUT2D eigenvalue weighted by molar-refractivity contribution is 5.76. The average molecular weight is 252 g/mol. The number of benzene rings is 2. The van der Waals surface area contributed by atoms with Crippen molar-refractivity contribution in [1.29, 1.82) is 0 Å². The minimum Gasteiger partial charge on any atom is -0.482 e. The Bertz CT molecular complexity index is 630. The maximum absolute atomic E-state index is 10.7. The molecular weight excluding hydrogens is 240 g/mol. The Hall–Kier alpha value is -2.55. The van der Waals surface area contributed by atoms with Crippen LogP contribution in [0.4, 0.5) is 0 Å². The van der Waals surface area contributed by atoms with Gasteiger partial charge in [0.2, 0.25) is 0 Å². The Balaban J connectivity index is 1.86. The van der Waals surface area contributed by atoms with Crippen molar-refractivity contribution in [2.24, 2.45) is 0 Å². The highest BCUT2D eigenvalue weighted by atomic mass is 16.6. The topological polar surface area (TPSA) is 35.5 Å². The summed E-state index contributed by atoms with van der Waals surface area (Å²) >= 11 is 0. The van der Waals surface area contributed by atoms with Crippen molar-refractivity contribution in [3.05, 3.63) is 65.4 Å². The Kier molecular flexibility index (Phi) is 3.02. The van der Waals surface area contributed by atoms with Crippen molar-refractivity contribution >= 4 is 12.4 Å². The molecule has 0 saturated carbocycles. The van der Waals surface area contributed by atoms with Crippen molar-refractivity contribution in [1.82, 2.24) is 0 Å². The molecule has 0 aliphatic carbocycles. The van der Waals surface area contributed by atoms with Crippen molar-refractivity contribution in [2.45, 2.75) is 0 Å². The van der Waals surface area contributed by atoms with E-state index < -0.39 is 0 Å². The number of hydrogen-bond donors (Lipinski definition) is 0. The van der Waals surface area contributed by atoms with Crippen LogP contribution < -0.4 is 9.47 Å². The van der Waals surface area contributed by atoms with E-state index in [0.29, 0.717) is 23.7 Å². The van der Waals surface area contributed by atoms with Crippen molar-refractivity contribution < 1.29 is 14.3 Å². The van der Waals surface area contributed by atoms with E-state index in [1.807, 2.05) is 36.4 Å². The number of rotatable bonds is 2. The van der Waals surface area contributed by atoms with Crippen LogP contribution in [0.3, 0.4) is 0 Å². The molecule has 2 aromatic carbocycles. The molecule has 3 nitrogen and oxygen atoms in total. The molecule has 1 heterocycles. The molecule has 19 heavy (non-hydrogen) atoms. The number of ether oxygens (including phenoxy) is 2. The number of fused-ring (bicyclic) bond motifs is 1. The molecule has 0 bridgehead atoms. The second-order valence-corrected chi connectivity index (χ2v) is 4.24. The lowest BCUT2D eigenvalue weighted by Gasteiger charge is -2.20. The third-order valence-electron chi connectivity index (χ3n) is 2.84. The standard InChI is InChI=1S/C16H12O3/c17-10-13-6-7-15-16(9-13)18-11-14(19-15)8-12-4-2-1-3-5-12/h1-10H,11H2/b14-8-. The van der Waals surface area contributed by atoms with Crippen LogP contribution in [-0.2, 0) is 0 Å². The summed E-state index contributed by atoms with van der Waals surface area (Å²) in [4.78, 5) is 10.7. The molecule has 3 rings (SSSR count). The Morgan fingerprint density at radius 1 is 0.947 bits per heavy atom. The molecule has 0 unspecified atom stereocenters. The van der Waals surface area contributed by atoms with Gasteiger partial charge in [-0.05, 0) is 29.8 Å². The average Bonchev–Trinajstić information content (AvgIpc) is 2.48. The maximum Gasteiger partial charge on any atom is 0.169 e. The van der Waals surface area contributed by atoms with Gasteiger partial charge in [-0.2, -0.15) is 0 Å². The first-order valence-corrected chi connectivity index (χ1v) is 6.01. The summed E-state index contributed by atoms with van der Waals surface area (Å²) in [6.45, 7) is 0.365. The summed E-state index contributed by atoms with van der Waals surface area (Å²) in [5.41, 5.74) is 1.65. The number of carbonyl (C=O) groups excluding carboxylic acids is 1. The lowest BCUT2D eigenvalue weighted by atomic mass is 10.2. The number of hydrogen-bond acceptors (Lipinski definition) is 3. The summed E-state index contributed by atoms with van der Waals surface area (Å²) in [6.07, 6.45) is 2.73. The minimum absolute atomic E-state index is 0.365. The highest BCUT2D eigenvalue weighted by Crippen LogP contribution is 2.33. The van der Waals surface area contributed by atoms with Crippen molar-refractivity contribution in [3.63, 3.8) is 0 Å². The molecule has 0 amide bonds. The van der Waals surface area contributed by atoms with E-state index in [-0.39, 0.29) is 0 Å². The predicted molar refractivity (Wildman–Crippen MR) is 72.4 cm³/mol. The molecule has 0 fully saturated rings. The Labute approximate surface area is 111 Å². The summed E-state index contributed by atoms with van der Waals surface area (Å²) in [7, 11) is 0. The molecule has 94 valence electrons. The zero-order valence-electron chi connectivity index (χ0n) is 10.2.